The molecule has 2 amide bonds. The Balaban J connectivity index is 4.12. The summed E-state index contributed by atoms with van der Waals surface area (Å²) in [5, 5.41) is 2.74. The van der Waals surface area contributed by atoms with Gasteiger partial charge in [0.25, 0.3) is 0 Å². The second-order valence-corrected chi connectivity index (χ2v) is 5.14. The van der Waals surface area contributed by atoms with Crippen LogP contribution in [0.5, 0.6) is 0 Å². The highest BCUT2D eigenvalue weighted by Crippen LogP contribution is 2.24. The van der Waals surface area contributed by atoms with Crippen LogP contribution in [-0.4, -0.2) is 24.4 Å². The molecule has 0 aliphatic rings. The van der Waals surface area contributed by atoms with Gasteiger partial charge in [-0.2, -0.15) is 0 Å². The molecule has 16 heavy (non-hydrogen) atoms. The Hall–Kier alpha value is -1.10. The van der Waals surface area contributed by atoms with Gasteiger partial charge >= 0.3 is 0 Å². The normalized spacial score (nSPS) is 13.6. The van der Waals surface area contributed by atoms with Gasteiger partial charge < -0.3 is 16.8 Å². The second kappa shape index (κ2) is 5.84. The van der Waals surface area contributed by atoms with Gasteiger partial charge in [0, 0.05) is 6.54 Å². The van der Waals surface area contributed by atoms with Gasteiger partial charge in [0.15, 0.2) is 0 Å². The van der Waals surface area contributed by atoms with Crippen molar-refractivity contribution in [1.29, 1.82) is 0 Å². The Bertz CT molecular complexity index is 262. The molecule has 0 saturated heterocycles. The first-order valence-corrected chi connectivity index (χ1v) is 5.48. The van der Waals surface area contributed by atoms with Crippen molar-refractivity contribution < 1.29 is 9.59 Å². The predicted molar refractivity (Wildman–Crippen MR) is 63.4 cm³/mol. The molecule has 0 aliphatic heterocycles. The lowest BCUT2D eigenvalue weighted by Crippen LogP contribution is -2.46. The molecule has 0 aliphatic carbocycles. The minimum absolute atomic E-state index is 0.00209. The van der Waals surface area contributed by atoms with Crippen LogP contribution < -0.4 is 16.8 Å². The Kier molecular flexibility index (Phi) is 5.44. The van der Waals surface area contributed by atoms with Gasteiger partial charge in [0.1, 0.15) is 0 Å². The van der Waals surface area contributed by atoms with Crippen LogP contribution in [0.25, 0.3) is 0 Å². The SMILES string of the molecule is CC(C)C(C)(C)CNC(=O)C(N)CC(N)=O. The average molecular weight is 229 g/mol. The van der Waals surface area contributed by atoms with Gasteiger partial charge in [0.05, 0.1) is 12.5 Å². The lowest BCUT2D eigenvalue weighted by Gasteiger charge is -2.29. The Morgan fingerprint density at radius 2 is 1.81 bits per heavy atom. The van der Waals surface area contributed by atoms with E-state index in [1.54, 1.807) is 0 Å². The van der Waals surface area contributed by atoms with Crippen LogP contribution >= 0.6 is 0 Å². The van der Waals surface area contributed by atoms with Gasteiger partial charge in [-0.1, -0.05) is 27.7 Å². The van der Waals surface area contributed by atoms with E-state index in [4.69, 9.17) is 11.5 Å². The van der Waals surface area contributed by atoms with Crippen LogP contribution in [0.3, 0.4) is 0 Å². The van der Waals surface area contributed by atoms with E-state index in [9.17, 15) is 9.59 Å². The van der Waals surface area contributed by atoms with E-state index in [1.165, 1.54) is 0 Å². The van der Waals surface area contributed by atoms with Crippen molar-refractivity contribution >= 4 is 11.8 Å². The molecular formula is C11H23N3O2. The quantitative estimate of drug-likeness (QED) is 0.597. The average Bonchev–Trinajstić information content (AvgIpc) is 2.12. The fourth-order valence-corrected chi connectivity index (χ4v) is 0.960. The maximum atomic E-state index is 11.5. The standard InChI is InChI=1S/C11H23N3O2/c1-7(2)11(3,4)6-14-10(16)8(12)5-9(13)15/h7-8H,5-6,12H2,1-4H3,(H2,13,15)(H,14,16). The molecule has 0 fully saturated rings. The Morgan fingerprint density at radius 3 is 2.19 bits per heavy atom. The molecule has 1 atom stereocenters. The fraction of sp³-hybridized carbons (Fsp3) is 0.818. The van der Waals surface area contributed by atoms with Crippen molar-refractivity contribution in [1.82, 2.24) is 5.32 Å². The third-order valence-corrected chi connectivity index (χ3v) is 3.04. The number of rotatable bonds is 6. The monoisotopic (exact) mass is 229 g/mol. The smallest absolute Gasteiger partial charge is 0.237 e. The van der Waals surface area contributed by atoms with E-state index in [-0.39, 0.29) is 17.7 Å². The Morgan fingerprint density at radius 1 is 1.31 bits per heavy atom. The third-order valence-electron chi connectivity index (χ3n) is 3.04. The minimum Gasteiger partial charge on any atom is -0.370 e. The molecule has 0 aromatic rings. The van der Waals surface area contributed by atoms with Crippen LogP contribution in [0, 0.1) is 11.3 Å². The first kappa shape index (κ1) is 14.9. The molecule has 0 radical (unpaired) electrons. The molecule has 0 rings (SSSR count). The van der Waals surface area contributed by atoms with Crippen molar-refractivity contribution in [3.63, 3.8) is 0 Å². The summed E-state index contributed by atoms with van der Waals surface area (Å²) in [5.74, 6) is -0.446. The van der Waals surface area contributed by atoms with Gasteiger partial charge in [-0.3, -0.25) is 9.59 Å². The molecular weight excluding hydrogens is 206 g/mol. The van der Waals surface area contributed by atoms with Crippen LogP contribution in [0.4, 0.5) is 0 Å². The summed E-state index contributed by atoms with van der Waals surface area (Å²) in [6.45, 7) is 8.86. The van der Waals surface area contributed by atoms with E-state index in [2.05, 4.69) is 33.0 Å². The van der Waals surface area contributed by atoms with Gasteiger partial charge in [-0.15, -0.1) is 0 Å². The minimum atomic E-state index is -0.847. The van der Waals surface area contributed by atoms with Crippen LogP contribution in [-0.2, 0) is 9.59 Å². The van der Waals surface area contributed by atoms with E-state index in [0.717, 1.165) is 0 Å². The molecule has 0 aromatic heterocycles. The highest BCUT2D eigenvalue weighted by Gasteiger charge is 2.24. The van der Waals surface area contributed by atoms with Gasteiger partial charge in [-0.05, 0) is 11.3 Å². The fourth-order valence-electron chi connectivity index (χ4n) is 0.960. The molecule has 94 valence electrons. The first-order valence-electron chi connectivity index (χ1n) is 5.48. The number of amides is 2. The number of carbonyl (C=O) groups excluding carboxylic acids is 2. The molecule has 5 N–H and O–H groups in total. The summed E-state index contributed by atoms with van der Waals surface area (Å²) in [4.78, 5) is 22.1. The highest BCUT2D eigenvalue weighted by molar-refractivity contribution is 5.87. The molecule has 5 heteroatoms. The van der Waals surface area contributed by atoms with Crippen LogP contribution in [0.15, 0.2) is 0 Å². The summed E-state index contributed by atoms with van der Waals surface area (Å²) in [6, 6.07) is -0.847. The zero-order valence-electron chi connectivity index (χ0n) is 10.5. The van der Waals surface area contributed by atoms with Crippen molar-refractivity contribution in [2.24, 2.45) is 22.8 Å². The first-order chi connectivity index (χ1) is 7.16. The number of hydrogen-bond acceptors (Lipinski definition) is 3. The molecule has 1 unspecified atom stereocenters. The lowest BCUT2D eigenvalue weighted by molar-refractivity contribution is -0.126. The number of primary amides is 1. The van der Waals surface area contributed by atoms with E-state index in [0.29, 0.717) is 12.5 Å². The van der Waals surface area contributed by atoms with E-state index < -0.39 is 11.9 Å². The van der Waals surface area contributed by atoms with Gasteiger partial charge in [0.2, 0.25) is 11.8 Å². The highest BCUT2D eigenvalue weighted by atomic mass is 16.2. The lowest BCUT2D eigenvalue weighted by atomic mass is 9.81. The Labute approximate surface area is 96.9 Å². The molecule has 0 bridgehead atoms. The molecule has 0 spiro atoms. The van der Waals surface area contributed by atoms with Crippen LogP contribution in [0.1, 0.15) is 34.1 Å². The van der Waals surface area contributed by atoms with Crippen molar-refractivity contribution in [3.05, 3.63) is 0 Å². The van der Waals surface area contributed by atoms with Crippen molar-refractivity contribution in [2.45, 2.75) is 40.2 Å². The number of nitrogens with one attached hydrogen (secondary N) is 1. The van der Waals surface area contributed by atoms with E-state index in [1.807, 2.05) is 0 Å². The van der Waals surface area contributed by atoms with E-state index >= 15 is 0 Å². The number of carbonyl (C=O) groups is 2. The molecule has 0 saturated carbocycles. The van der Waals surface area contributed by atoms with Crippen molar-refractivity contribution in [2.75, 3.05) is 6.54 Å². The summed E-state index contributed by atoms with van der Waals surface area (Å²) >= 11 is 0. The number of nitrogens with two attached hydrogens (primary N) is 2. The zero-order valence-corrected chi connectivity index (χ0v) is 10.5. The molecule has 0 heterocycles. The maximum absolute atomic E-state index is 11.5. The largest absolute Gasteiger partial charge is 0.370 e. The topological polar surface area (TPSA) is 98.2 Å². The van der Waals surface area contributed by atoms with Gasteiger partial charge in [-0.25, -0.2) is 0 Å². The summed E-state index contributed by atoms with van der Waals surface area (Å²) < 4.78 is 0. The molecule has 0 aromatic carbocycles. The zero-order chi connectivity index (χ0) is 12.9. The third kappa shape index (κ3) is 5.11. The second-order valence-electron chi connectivity index (χ2n) is 5.14. The summed E-state index contributed by atoms with van der Waals surface area (Å²) in [7, 11) is 0. The van der Waals surface area contributed by atoms with Crippen molar-refractivity contribution in [3.8, 4) is 0 Å². The van der Waals surface area contributed by atoms with Crippen LogP contribution in [0.2, 0.25) is 0 Å². The maximum Gasteiger partial charge on any atom is 0.237 e. The predicted octanol–water partition coefficient (Wildman–Crippen LogP) is -0.0125. The molecule has 5 nitrogen and oxygen atoms in total. The summed E-state index contributed by atoms with van der Waals surface area (Å²) in [6.07, 6.45) is -0.117. The summed E-state index contributed by atoms with van der Waals surface area (Å²) in [5.41, 5.74) is 10.5. The number of hydrogen-bond donors (Lipinski definition) is 3.